The van der Waals surface area contributed by atoms with Crippen LogP contribution < -0.4 is 9.64 Å². The van der Waals surface area contributed by atoms with E-state index < -0.39 is 5.72 Å². The lowest BCUT2D eigenvalue weighted by Crippen LogP contribution is -2.41. The molecule has 0 radical (unpaired) electrons. The Kier molecular flexibility index (Phi) is 5.11. The first-order valence-electron chi connectivity index (χ1n) is 9.74. The fraction of sp³-hybridized carbons (Fsp3) is 0.409. The maximum absolute atomic E-state index is 11.7. The summed E-state index contributed by atoms with van der Waals surface area (Å²) in [5, 5.41) is 12.4. The van der Waals surface area contributed by atoms with Crippen LogP contribution in [0.2, 0.25) is 5.02 Å². The lowest BCUT2D eigenvalue weighted by Gasteiger charge is -2.23. The van der Waals surface area contributed by atoms with Gasteiger partial charge in [-0.15, -0.1) is 0 Å². The number of halogens is 1. The number of ether oxygens (including phenoxy) is 1. The third kappa shape index (κ3) is 3.44. The molecule has 1 N–H and O–H groups in total. The molecule has 2 aliphatic rings. The maximum atomic E-state index is 11.7. The largest absolute Gasteiger partial charge is 0.494 e. The molecular weight excluding hydrogens is 360 g/mol. The first-order valence-corrected chi connectivity index (χ1v) is 10.1. The first-order chi connectivity index (χ1) is 13.1. The number of aliphatic hydroxyl groups is 1. The molecule has 2 aromatic carbocycles. The molecule has 2 aliphatic heterocycles. The van der Waals surface area contributed by atoms with Gasteiger partial charge in [-0.2, -0.15) is 0 Å². The van der Waals surface area contributed by atoms with E-state index in [-0.39, 0.29) is 0 Å². The Bertz CT molecular complexity index is 832. The van der Waals surface area contributed by atoms with Crippen LogP contribution in [-0.4, -0.2) is 35.2 Å². The van der Waals surface area contributed by atoms with Gasteiger partial charge in [0.15, 0.2) is 6.54 Å². The van der Waals surface area contributed by atoms with Crippen molar-refractivity contribution in [2.45, 2.75) is 38.3 Å². The van der Waals surface area contributed by atoms with Crippen LogP contribution in [0.4, 0.5) is 5.69 Å². The van der Waals surface area contributed by atoms with Crippen molar-refractivity contribution in [2.24, 2.45) is 0 Å². The summed E-state index contributed by atoms with van der Waals surface area (Å²) in [5.41, 5.74) is 0.938. The van der Waals surface area contributed by atoms with Crippen molar-refractivity contribution < 1.29 is 14.4 Å². The molecule has 4 rings (SSSR count). The molecule has 0 bridgehead atoms. The summed E-state index contributed by atoms with van der Waals surface area (Å²) >= 11 is 6.07. The number of nitrogens with zero attached hydrogens (tertiary/aromatic N) is 2. The van der Waals surface area contributed by atoms with Crippen LogP contribution in [-0.2, 0) is 5.72 Å². The fourth-order valence-corrected chi connectivity index (χ4v) is 4.29. The monoisotopic (exact) mass is 385 g/mol. The zero-order chi connectivity index (χ0) is 18.9. The molecule has 0 aromatic heterocycles. The van der Waals surface area contributed by atoms with Crippen molar-refractivity contribution in [3.63, 3.8) is 0 Å². The molecular formula is C22H26ClN2O2+. The molecule has 4 nitrogen and oxygen atoms in total. The summed E-state index contributed by atoms with van der Waals surface area (Å²) in [6.07, 6.45) is 4.41. The highest BCUT2D eigenvalue weighted by atomic mass is 35.5. The van der Waals surface area contributed by atoms with Crippen molar-refractivity contribution in [1.82, 2.24) is 0 Å². The number of benzene rings is 2. The Balaban J connectivity index is 1.73. The zero-order valence-electron chi connectivity index (χ0n) is 15.7. The number of rotatable bonds is 4. The average molecular weight is 386 g/mol. The minimum Gasteiger partial charge on any atom is -0.494 e. The maximum Gasteiger partial charge on any atom is 0.271 e. The minimum absolute atomic E-state index is 0.512. The van der Waals surface area contributed by atoms with E-state index in [4.69, 9.17) is 16.3 Å². The molecule has 5 heteroatoms. The summed E-state index contributed by atoms with van der Waals surface area (Å²) in [6, 6.07) is 15.7. The normalized spacial score (nSPS) is 22.6. The summed E-state index contributed by atoms with van der Waals surface area (Å²) in [4.78, 5) is 2.26. The molecule has 0 saturated heterocycles. The Morgan fingerprint density at radius 2 is 1.81 bits per heavy atom. The molecule has 2 heterocycles. The van der Waals surface area contributed by atoms with Gasteiger partial charge in [-0.3, -0.25) is 0 Å². The summed E-state index contributed by atoms with van der Waals surface area (Å²) < 4.78 is 7.77. The van der Waals surface area contributed by atoms with Gasteiger partial charge >= 0.3 is 0 Å². The minimum atomic E-state index is -1.04. The Morgan fingerprint density at radius 3 is 2.52 bits per heavy atom. The molecule has 142 valence electrons. The van der Waals surface area contributed by atoms with Crippen molar-refractivity contribution in [3.05, 3.63) is 59.1 Å². The predicted molar refractivity (Wildman–Crippen MR) is 109 cm³/mol. The van der Waals surface area contributed by atoms with Gasteiger partial charge in [0, 0.05) is 17.0 Å². The van der Waals surface area contributed by atoms with E-state index in [2.05, 4.69) is 21.6 Å². The van der Waals surface area contributed by atoms with Crippen molar-refractivity contribution in [3.8, 4) is 5.75 Å². The summed E-state index contributed by atoms with van der Waals surface area (Å²) in [7, 11) is 0. The molecule has 0 aliphatic carbocycles. The molecule has 1 atom stereocenters. The molecule has 27 heavy (non-hydrogen) atoms. The van der Waals surface area contributed by atoms with Crippen LogP contribution in [0.5, 0.6) is 5.75 Å². The molecule has 0 saturated carbocycles. The van der Waals surface area contributed by atoms with Crippen LogP contribution in [0.3, 0.4) is 0 Å². The Morgan fingerprint density at radius 1 is 1.07 bits per heavy atom. The van der Waals surface area contributed by atoms with Gasteiger partial charge in [0.1, 0.15) is 11.4 Å². The van der Waals surface area contributed by atoms with E-state index in [1.54, 1.807) is 0 Å². The standard InChI is InChI=1S/C22H26ClN2O2/c1-2-27-20-13-11-19(12-14-20)24-16-22(26,17-7-9-18(23)10-8-17)25-15-5-3-4-6-21(24)25/h7-14,26H,2-6,15-16H2,1H3/q+1. The van der Waals surface area contributed by atoms with Gasteiger partial charge in [0.05, 0.1) is 13.2 Å². The number of anilines is 1. The SMILES string of the molecule is CCOc1ccc(N2CC(O)(c3ccc(Cl)cc3)[N+]3=C2CCCCC3)cc1. The molecule has 0 fully saturated rings. The summed E-state index contributed by atoms with van der Waals surface area (Å²) in [5.74, 6) is 2.07. The van der Waals surface area contributed by atoms with Crippen molar-refractivity contribution in [1.29, 1.82) is 0 Å². The highest BCUT2D eigenvalue weighted by Gasteiger charge is 2.51. The quantitative estimate of drug-likeness (QED) is 0.793. The van der Waals surface area contributed by atoms with Crippen molar-refractivity contribution >= 4 is 23.1 Å². The lowest BCUT2D eigenvalue weighted by molar-refractivity contribution is -0.658. The van der Waals surface area contributed by atoms with E-state index in [1.807, 2.05) is 43.3 Å². The molecule has 0 spiro atoms. The highest BCUT2D eigenvalue weighted by Crippen LogP contribution is 2.36. The van der Waals surface area contributed by atoms with E-state index in [0.29, 0.717) is 18.2 Å². The van der Waals surface area contributed by atoms with Gasteiger partial charge < -0.3 is 9.84 Å². The second-order valence-electron chi connectivity index (χ2n) is 7.22. The van der Waals surface area contributed by atoms with Gasteiger partial charge in [-0.25, -0.2) is 9.48 Å². The van der Waals surface area contributed by atoms with Crippen LogP contribution in [0.1, 0.15) is 38.2 Å². The van der Waals surface area contributed by atoms with E-state index in [0.717, 1.165) is 42.8 Å². The van der Waals surface area contributed by atoms with Gasteiger partial charge in [-0.05, 0) is 62.6 Å². The second-order valence-corrected chi connectivity index (χ2v) is 7.65. The van der Waals surface area contributed by atoms with Gasteiger partial charge in [0.25, 0.3) is 11.6 Å². The third-order valence-electron chi connectivity index (χ3n) is 5.50. The Hall–Kier alpha value is -2.04. The smallest absolute Gasteiger partial charge is 0.271 e. The van der Waals surface area contributed by atoms with E-state index in [9.17, 15) is 5.11 Å². The topological polar surface area (TPSA) is 35.7 Å². The first kappa shape index (κ1) is 18.3. The van der Waals surface area contributed by atoms with Gasteiger partial charge in [-0.1, -0.05) is 23.7 Å². The van der Waals surface area contributed by atoms with Gasteiger partial charge in [0.2, 0.25) is 0 Å². The third-order valence-corrected chi connectivity index (χ3v) is 5.75. The van der Waals surface area contributed by atoms with Crippen LogP contribution in [0, 0.1) is 0 Å². The van der Waals surface area contributed by atoms with E-state index in [1.165, 1.54) is 12.3 Å². The molecule has 0 amide bonds. The summed E-state index contributed by atoms with van der Waals surface area (Å²) in [6.45, 7) is 4.02. The highest BCUT2D eigenvalue weighted by molar-refractivity contribution is 6.30. The van der Waals surface area contributed by atoms with E-state index >= 15 is 0 Å². The second kappa shape index (κ2) is 7.53. The zero-order valence-corrected chi connectivity index (χ0v) is 16.5. The number of amidine groups is 1. The van der Waals surface area contributed by atoms with Crippen LogP contribution in [0.25, 0.3) is 0 Å². The predicted octanol–water partition coefficient (Wildman–Crippen LogP) is 4.39. The average Bonchev–Trinajstić information content (AvgIpc) is 2.84. The lowest BCUT2D eigenvalue weighted by atomic mass is 10.0. The fourth-order valence-electron chi connectivity index (χ4n) is 4.16. The molecule has 2 aromatic rings. The number of hydrogen-bond donors (Lipinski definition) is 1. The number of β-amino-alcohol motifs (C(OH)–C–C–N with tert-alkyl or cyclic N) is 1. The number of hydrogen-bond acceptors (Lipinski definition) is 3. The molecule has 1 unspecified atom stereocenters. The van der Waals surface area contributed by atoms with Crippen molar-refractivity contribution in [2.75, 3.05) is 24.6 Å². The van der Waals surface area contributed by atoms with Crippen LogP contribution >= 0.6 is 11.6 Å². The van der Waals surface area contributed by atoms with Crippen LogP contribution in [0.15, 0.2) is 48.5 Å². The Labute approximate surface area is 165 Å².